The highest BCUT2D eigenvalue weighted by atomic mass is 28.4. The van der Waals surface area contributed by atoms with Gasteiger partial charge in [-0.1, -0.05) is 88.4 Å². The van der Waals surface area contributed by atoms with Gasteiger partial charge in [0.2, 0.25) is 0 Å². The number of rotatable bonds is 29. The van der Waals surface area contributed by atoms with Crippen molar-refractivity contribution in [1.29, 1.82) is 0 Å². The second kappa shape index (κ2) is 25.8. The van der Waals surface area contributed by atoms with Crippen LogP contribution in [0.5, 0.6) is 0 Å². The minimum Gasteiger partial charge on any atom is -0.463 e. The van der Waals surface area contributed by atoms with Crippen LogP contribution in [0.15, 0.2) is 60.7 Å². The standard InChI is InChI=1S/C36H58O10Si/c1-5-12-35(37)45-31-29-43-27-25-41-23-21-39-19-17-38-18-20-40-22-24-42-26-28-44-30-32-46-47(36(2,3)4,33-13-8-6-9-14-33)34-15-10-7-11-16-34/h6-11,13-16H,5,12,17-32H2,1-4H3. The maximum atomic E-state index is 11.2. The van der Waals surface area contributed by atoms with Crippen molar-refractivity contribution >= 4 is 24.7 Å². The molecule has 10 nitrogen and oxygen atoms in total. The summed E-state index contributed by atoms with van der Waals surface area (Å²) in [6.45, 7) is 16.3. The average molecular weight is 679 g/mol. The topological polar surface area (TPSA) is 100 Å². The van der Waals surface area contributed by atoms with E-state index in [1.165, 1.54) is 10.4 Å². The van der Waals surface area contributed by atoms with Gasteiger partial charge in [0.15, 0.2) is 0 Å². The maximum Gasteiger partial charge on any atom is 0.305 e. The summed E-state index contributed by atoms with van der Waals surface area (Å²) in [5.41, 5.74) is 0. The van der Waals surface area contributed by atoms with Crippen molar-refractivity contribution in [1.82, 2.24) is 0 Å². The van der Waals surface area contributed by atoms with E-state index in [2.05, 4.69) is 81.4 Å². The minimum absolute atomic E-state index is 0.0559. The molecule has 2 rings (SSSR count). The van der Waals surface area contributed by atoms with Crippen LogP contribution in [0.4, 0.5) is 0 Å². The lowest BCUT2D eigenvalue weighted by atomic mass is 10.2. The Kier molecular flexibility index (Phi) is 22.5. The molecule has 0 aromatic heterocycles. The second-order valence-electron chi connectivity index (χ2n) is 11.8. The van der Waals surface area contributed by atoms with E-state index in [4.69, 9.17) is 42.3 Å². The van der Waals surface area contributed by atoms with Crippen molar-refractivity contribution < 1.29 is 47.1 Å². The Balaban J connectivity index is 1.40. The fourth-order valence-electron chi connectivity index (χ4n) is 4.93. The SMILES string of the molecule is CCCC(=O)OCCOCCOCCOCCOCCOCCOCCOCCO[Si](c1ccccc1)(c1ccccc1)C(C)(C)C. The maximum absolute atomic E-state index is 11.2. The van der Waals surface area contributed by atoms with Crippen LogP contribution < -0.4 is 10.4 Å². The van der Waals surface area contributed by atoms with Gasteiger partial charge in [-0.05, 0) is 21.8 Å². The summed E-state index contributed by atoms with van der Waals surface area (Å²) in [5.74, 6) is -0.186. The van der Waals surface area contributed by atoms with E-state index < -0.39 is 8.32 Å². The van der Waals surface area contributed by atoms with Gasteiger partial charge in [-0.25, -0.2) is 0 Å². The van der Waals surface area contributed by atoms with E-state index in [0.717, 1.165) is 6.42 Å². The number of esters is 1. The molecular formula is C36H58O10Si. The third-order valence-corrected chi connectivity index (χ3v) is 12.2. The molecule has 47 heavy (non-hydrogen) atoms. The van der Waals surface area contributed by atoms with Crippen molar-refractivity contribution in [3.63, 3.8) is 0 Å². The van der Waals surface area contributed by atoms with Gasteiger partial charge in [0.25, 0.3) is 8.32 Å². The molecule has 2 aromatic rings. The first kappa shape index (κ1) is 41.0. The zero-order valence-corrected chi connectivity index (χ0v) is 30.1. The minimum atomic E-state index is -2.54. The lowest BCUT2D eigenvalue weighted by Gasteiger charge is -2.43. The van der Waals surface area contributed by atoms with Crippen molar-refractivity contribution in [2.75, 3.05) is 106 Å². The van der Waals surface area contributed by atoms with Gasteiger partial charge >= 0.3 is 5.97 Å². The number of ether oxygens (including phenoxy) is 8. The summed E-state index contributed by atoms with van der Waals surface area (Å²) in [7, 11) is -2.54. The zero-order chi connectivity index (χ0) is 33.9. The van der Waals surface area contributed by atoms with Crippen LogP contribution in [0.1, 0.15) is 40.5 Å². The average Bonchev–Trinajstić information content (AvgIpc) is 3.07. The summed E-state index contributed by atoms with van der Waals surface area (Å²) in [4.78, 5) is 11.2. The fraction of sp³-hybridized carbons (Fsp3) is 0.639. The second-order valence-corrected chi connectivity index (χ2v) is 16.1. The lowest BCUT2D eigenvalue weighted by Crippen LogP contribution is -2.66. The predicted octanol–water partition coefficient (Wildman–Crippen LogP) is 4.02. The lowest BCUT2D eigenvalue weighted by molar-refractivity contribution is -0.145. The molecule has 0 spiro atoms. The van der Waals surface area contributed by atoms with E-state index >= 15 is 0 Å². The molecule has 0 aliphatic rings. The number of carbonyl (C=O) groups is 1. The molecule has 0 fully saturated rings. The van der Waals surface area contributed by atoms with Crippen LogP contribution >= 0.6 is 0 Å². The van der Waals surface area contributed by atoms with E-state index in [1.807, 2.05) is 6.92 Å². The predicted molar refractivity (Wildman–Crippen MR) is 185 cm³/mol. The van der Waals surface area contributed by atoms with Crippen LogP contribution in [0.25, 0.3) is 0 Å². The molecule has 0 radical (unpaired) electrons. The Morgan fingerprint density at radius 1 is 0.511 bits per heavy atom. The molecule has 0 bridgehead atoms. The largest absolute Gasteiger partial charge is 0.463 e. The highest BCUT2D eigenvalue weighted by Crippen LogP contribution is 2.36. The quantitative estimate of drug-likeness (QED) is 0.0713. The molecule has 0 atom stereocenters. The van der Waals surface area contributed by atoms with Gasteiger partial charge in [-0.3, -0.25) is 4.79 Å². The summed E-state index contributed by atoms with van der Waals surface area (Å²) < 4.78 is 50.7. The van der Waals surface area contributed by atoms with E-state index in [9.17, 15) is 4.79 Å². The van der Waals surface area contributed by atoms with Gasteiger partial charge in [0.05, 0.1) is 99.1 Å². The number of carbonyl (C=O) groups excluding carboxylic acids is 1. The first-order valence-electron chi connectivity index (χ1n) is 16.9. The van der Waals surface area contributed by atoms with Crippen LogP contribution in [-0.2, 0) is 47.1 Å². The molecule has 0 amide bonds. The van der Waals surface area contributed by atoms with Crippen LogP contribution in [0.2, 0.25) is 5.04 Å². The normalized spacial score (nSPS) is 12.0. The summed E-state index contributed by atoms with van der Waals surface area (Å²) in [5, 5.41) is 2.48. The van der Waals surface area contributed by atoms with Crippen molar-refractivity contribution in [3.8, 4) is 0 Å². The molecule has 0 unspecified atom stereocenters. The summed E-state index contributed by atoms with van der Waals surface area (Å²) >= 11 is 0. The van der Waals surface area contributed by atoms with Crippen LogP contribution in [0, 0.1) is 0 Å². The van der Waals surface area contributed by atoms with Crippen LogP contribution in [0.3, 0.4) is 0 Å². The summed E-state index contributed by atoms with van der Waals surface area (Å²) in [6.07, 6.45) is 1.23. The van der Waals surface area contributed by atoms with E-state index in [0.29, 0.717) is 106 Å². The Bertz CT molecular complexity index is 980. The first-order chi connectivity index (χ1) is 22.9. The van der Waals surface area contributed by atoms with Gasteiger partial charge in [-0.2, -0.15) is 0 Å². The molecule has 11 heteroatoms. The number of benzene rings is 2. The van der Waals surface area contributed by atoms with E-state index in [-0.39, 0.29) is 17.6 Å². The third-order valence-electron chi connectivity index (χ3n) is 7.14. The van der Waals surface area contributed by atoms with Gasteiger partial charge in [0.1, 0.15) is 6.61 Å². The monoisotopic (exact) mass is 678 g/mol. The molecule has 266 valence electrons. The highest BCUT2D eigenvalue weighted by Gasteiger charge is 2.50. The molecular weight excluding hydrogens is 620 g/mol. The Morgan fingerprint density at radius 2 is 0.830 bits per heavy atom. The van der Waals surface area contributed by atoms with Crippen molar-refractivity contribution in [3.05, 3.63) is 60.7 Å². The molecule has 0 aliphatic carbocycles. The molecule has 0 heterocycles. The highest BCUT2D eigenvalue weighted by molar-refractivity contribution is 6.99. The third kappa shape index (κ3) is 17.2. The van der Waals surface area contributed by atoms with Gasteiger partial charge < -0.3 is 42.3 Å². The molecule has 0 N–H and O–H groups in total. The van der Waals surface area contributed by atoms with Gasteiger partial charge in [0, 0.05) is 6.42 Å². The van der Waals surface area contributed by atoms with Crippen molar-refractivity contribution in [2.24, 2.45) is 0 Å². The molecule has 0 saturated carbocycles. The van der Waals surface area contributed by atoms with Crippen LogP contribution in [-0.4, -0.2) is 120 Å². The fourth-order valence-corrected chi connectivity index (χ4v) is 9.47. The Morgan fingerprint density at radius 3 is 1.15 bits per heavy atom. The van der Waals surface area contributed by atoms with Crippen molar-refractivity contribution in [2.45, 2.75) is 45.6 Å². The zero-order valence-electron chi connectivity index (χ0n) is 29.1. The molecule has 2 aromatic carbocycles. The molecule has 0 saturated heterocycles. The Labute approximate surface area is 283 Å². The smallest absolute Gasteiger partial charge is 0.305 e. The van der Waals surface area contributed by atoms with Gasteiger partial charge in [-0.15, -0.1) is 0 Å². The first-order valence-corrected chi connectivity index (χ1v) is 18.8. The summed E-state index contributed by atoms with van der Waals surface area (Å²) in [6, 6.07) is 21.3. The van der Waals surface area contributed by atoms with E-state index in [1.54, 1.807) is 0 Å². The number of hydrogen-bond donors (Lipinski definition) is 0. The Hall–Kier alpha value is -2.19. The number of hydrogen-bond acceptors (Lipinski definition) is 10. The molecule has 0 aliphatic heterocycles.